The Hall–Kier alpha value is -1.29. The Kier molecular flexibility index (Phi) is 2.30. The first kappa shape index (κ1) is 10.8. The fourth-order valence-corrected chi connectivity index (χ4v) is 3.11. The smallest absolute Gasteiger partial charge is 0.304 e. The molecule has 2 N–H and O–H groups in total. The van der Waals surface area contributed by atoms with Crippen LogP contribution in [0.4, 0.5) is 0 Å². The summed E-state index contributed by atoms with van der Waals surface area (Å²) in [6.45, 7) is 0. The SMILES string of the molecule is O=C(O)CC1(c2cccc3[nH]cc(Br)c23)CC1. The topological polar surface area (TPSA) is 53.1 Å². The number of carbonyl (C=O) groups is 1. The summed E-state index contributed by atoms with van der Waals surface area (Å²) in [4.78, 5) is 14.2. The van der Waals surface area contributed by atoms with Gasteiger partial charge in [-0.1, -0.05) is 12.1 Å². The van der Waals surface area contributed by atoms with E-state index in [1.165, 1.54) is 0 Å². The summed E-state index contributed by atoms with van der Waals surface area (Å²) >= 11 is 3.53. The van der Waals surface area contributed by atoms with E-state index in [4.69, 9.17) is 5.11 Å². The van der Waals surface area contributed by atoms with Crippen LogP contribution in [-0.4, -0.2) is 16.1 Å². The molecule has 1 aliphatic carbocycles. The van der Waals surface area contributed by atoms with E-state index in [9.17, 15) is 4.79 Å². The zero-order valence-corrected chi connectivity index (χ0v) is 10.8. The molecule has 88 valence electrons. The summed E-state index contributed by atoms with van der Waals surface area (Å²) in [6, 6.07) is 6.06. The highest BCUT2D eigenvalue weighted by Gasteiger charge is 2.47. The normalized spacial score (nSPS) is 17.2. The van der Waals surface area contributed by atoms with Gasteiger partial charge in [-0.05, 0) is 40.4 Å². The molecular formula is C13H12BrNO2. The minimum Gasteiger partial charge on any atom is -0.481 e. The maximum absolute atomic E-state index is 11.0. The van der Waals surface area contributed by atoms with Crippen molar-refractivity contribution >= 4 is 32.8 Å². The minimum absolute atomic E-state index is 0.143. The fraction of sp³-hybridized carbons (Fsp3) is 0.308. The number of halogens is 1. The van der Waals surface area contributed by atoms with Gasteiger partial charge in [0.2, 0.25) is 0 Å². The van der Waals surface area contributed by atoms with Crippen LogP contribution in [0.3, 0.4) is 0 Å². The van der Waals surface area contributed by atoms with Crippen molar-refractivity contribution in [2.45, 2.75) is 24.7 Å². The number of nitrogens with one attached hydrogen (secondary N) is 1. The number of hydrogen-bond acceptors (Lipinski definition) is 1. The number of aromatic amines is 1. The van der Waals surface area contributed by atoms with Crippen LogP contribution in [0.5, 0.6) is 0 Å². The van der Waals surface area contributed by atoms with Crippen LogP contribution in [0.2, 0.25) is 0 Å². The molecule has 4 heteroatoms. The molecule has 0 amide bonds. The summed E-state index contributed by atoms with van der Waals surface area (Å²) in [7, 11) is 0. The lowest BCUT2D eigenvalue weighted by Gasteiger charge is -2.14. The summed E-state index contributed by atoms with van der Waals surface area (Å²) in [5.74, 6) is -0.717. The Labute approximate surface area is 107 Å². The van der Waals surface area contributed by atoms with Crippen LogP contribution in [0.1, 0.15) is 24.8 Å². The molecule has 1 aliphatic rings. The van der Waals surface area contributed by atoms with E-state index < -0.39 is 5.97 Å². The van der Waals surface area contributed by atoms with Crippen LogP contribution in [-0.2, 0) is 10.2 Å². The third kappa shape index (κ3) is 1.67. The molecule has 1 aromatic carbocycles. The third-order valence-electron chi connectivity index (χ3n) is 3.57. The van der Waals surface area contributed by atoms with E-state index in [0.29, 0.717) is 0 Å². The van der Waals surface area contributed by atoms with E-state index in [1.54, 1.807) is 0 Å². The van der Waals surface area contributed by atoms with Gasteiger partial charge in [-0.15, -0.1) is 0 Å². The monoisotopic (exact) mass is 293 g/mol. The number of carboxylic acid groups (broad SMARTS) is 1. The number of rotatable bonds is 3. The Morgan fingerprint density at radius 2 is 2.24 bits per heavy atom. The average Bonchev–Trinajstić information content (AvgIpc) is 2.96. The molecule has 3 rings (SSSR count). The van der Waals surface area contributed by atoms with Crippen LogP contribution in [0.15, 0.2) is 28.9 Å². The van der Waals surface area contributed by atoms with Gasteiger partial charge in [0, 0.05) is 27.0 Å². The molecule has 0 unspecified atom stereocenters. The van der Waals surface area contributed by atoms with Gasteiger partial charge >= 0.3 is 5.97 Å². The highest BCUT2D eigenvalue weighted by atomic mass is 79.9. The highest BCUT2D eigenvalue weighted by molar-refractivity contribution is 9.10. The second-order valence-corrected chi connectivity index (χ2v) is 5.57. The minimum atomic E-state index is -0.717. The number of H-pyrrole nitrogens is 1. The van der Waals surface area contributed by atoms with Crippen molar-refractivity contribution in [2.24, 2.45) is 0 Å². The fourth-order valence-electron chi connectivity index (χ4n) is 2.57. The number of hydrogen-bond donors (Lipinski definition) is 2. The van der Waals surface area contributed by atoms with Crippen molar-refractivity contribution in [2.75, 3.05) is 0 Å². The molecule has 17 heavy (non-hydrogen) atoms. The second kappa shape index (κ2) is 3.60. The Bertz CT molecular complexity index is 598. The van der Waals surface area contributed by atoms with E-state index >= 15 is 0 Å². The molecule has 1 heterocycles. The number of aliphatic carboxylic acids is 1. The van der Waals surface area contributed by atoms with Crippen LogP contribution in [0.25, 0.3) is 10.9 Å². The van der Waals surface area contributed by atoms with Crippen molar-refractivity contribution in [3.63, 3.8) is 0 Å². The summed E-state index contributed by atoms with van der Waals surface area (Å²) < 4.78 is 1.01. The molecule has 1 saturated carbocycles. The van der Waals surface area contributed by atoms with E-state index in [-0.39, 0.29) is 11.8 Å². The Morgan fingerprint density at radius 1 is 1.47 bits per heavy atom. The van der Waals surface area contributed by atoms with Gasteiger partial charge in [0.1, 0.15) is 0 Å². The summed E-state index contributed by atoms with van der Waals surface area (Å²) in [5.41, 5.74) is 2.08. The Morgan fingerprint density at radius 3 is 2.88 bits per heavy atom. The largest absolute Gasteiger partial charge is 0.481 e. The molecule has 1 aromatic heterocycles. The molecule has 0 saturated heterocycles. The van der Waals surface area contributed by atoms with Gasteiger partial charge in [0.15, 0.2) is 0 Å². The molecular weight excluding hydrogens is 282 g/mol. The first-order valence-corrected chi connectivity index (χ1v) is 6.40. The van der Waals surface area contributed by atoms with E-state index in [1.807, 2.05) is 18.3 Å². The van der Waals surface area contributed by atoms with Crippen LogP contribution in [0, 0.1) is 0 Å². The van der Waals surface area contributed by atoms with Crippen molar-refractivity contribution < 1.29 is 9.90 Å². The van der Waals surface area contributed by atoms with Gasteiger partial charge in [0.05, 0.1) is 6.42 Å². The lowest BCUT2D eigenvalue weighted by molar-refractivity contribution is -0.137. The van der Waals surface area contributed by atoms with E-state index in [2.05, 4.69) is 27.0 Å². The lowest BCUT2D eigenvalue weighted by atomic mass is 9.90. The van der Waals surface area contributed by atoms with Gasteiger partial charge in [0.25, 0.3) is 0 Å². The molecule has 0 bridgehead atoms. The zero-order valence-electron chi connectivity index (χ0n) is 9.16. The standard InChI is InChI=1S/C13H12BrNO2/c14-9-7-15-10-3-1-2-8(12(9)10)13(4-5-13)6-11(16)17/h1-3,7,15H,4-6H2,(H,16,17). The van der Waals surface area contributed by atoms with Gasteiger partial charge < -0.3 is 10.1 Å². The summed E-state index contributed by atoms with van der Waals surface area (Å²) in [6.07, 6.45) is 4.07. The third-order valence-corrected chi connectivity index (χ3v) is 4.20. The van der Waals surface area contributed by atoms with Gasteiger partial charge in [-0.2, -0.15) is 0 Å². The number of fused-ring (bicyclic) bond motifs is 1. The molecule has 3 nitrogen and oxygen atoms in total. The maximum atomic E-state index is 11.0. The first-order chi connectivity index (χ1) is 8.12. The quantitative estimate of drug-likeness (QED) is 0.911. The molecule has 0 radical (unpaired) electrons. The molecule has 0 aliphatic heterocycles. The lowest BCUT2D eigenvalue weighted by Crippen LogP contribution is -2.13. The number of carboxylic acids is 1. The van der Waals surface area contributed by atoms with E-state index in [0.717, 1.165) is 33.8 Å². The summed E-state index contributed by atoms with van der Waals surface area (Å²) in [5, 5.41) is 10.2. The molecule has 2 aromatic rings. The van der Waals surface area contributed by atoms with Crippen molar-refractivity contribution in [1.82, 2.24) is 4.98 Å². The van der Waals surface area contributed by atoms with Crippen molar-refractivity contribution in [3.05, 3.63) is 34.4 Å². The number of aromatic nitrogens is 1. The predicted molar refractivity (Wildman–Crippen MR) is 69.2 cm³/mol. The molecule has 1 fully saturated rings. The molecule has 0 spiro atoms. The van der Waals surface area contributed by atoms with Crippen molar-refractivity contribution in [3.8, 4) is 0 Å². The average molecular weight is 294 g/mol. The van der Waals surface area contributed by atoms with Gasteiger partial charge in [-0.3, -0.25) is 4.79 Å². The van der Waals surface area contributed by atoms with Gasteiger partial charge in [-0.25, -0.2) is 0 Å². The van der Waals surface area contributed by atoms with Crippen LogP contribution < -0.4 is 0 Å². The highest BCUT2D eigenvalue weighted by Crippen LogP contribution is 2.53. The number of benzene rings is 1. The van der Waals surface area contributed by atoms with Crippen molar-refractivity contribution in [1.29, 1.82) is 0 Å². The first-order valence-electron chi connectivity index (χ1n) is 5.60. The second-order valence-electron chi connectivity index (χ2n) is 4.72. The molecule has 0 atom stereocenters. The maximum Gasteiger partial charge on any atom is 0.304 e. The zero-order chi connectivity index (χ0) is 12.0. The Balaban J connectivity index is 2.17. The predicted octanol–water partition coefficient (Wildman–Crippen LogP) is 3.44. The van der Waals surface area contributed by atoms with Crippen LogP contribution >= 0.6 is 15.9 Å².